The van der Waals surface area contributed by atoms with Gasteiger partial charge in [-0.25, -0.2) is 0 Å². The molecule has 6 aromatic carbocycles. The van der Waals surface area contributed by atoms with Crippen molar-refractivity contribution in [1.29, 1.82) is 0 Å². The first-order chi connectivity index (χ1) is 21.7. The van der Waals surface area contributed by atoms with Crippen LogP contribution in [0.1, 0.15) is 11.1 Å². The van der Waals surface area contributed by atoms with E-state index in [1.807, 2.05) is 24.3 Å². The van der Waals surface area contributed by atoms with Crippen LogP contribution in [-0.2, 0) is 12.8 Å². The topological polar surface area (TPSA) is 46.9 Å². The zero-order valence-corrected chi connectivity index (χ0v) is 24.6. The van der Waals surface area contributed by atoms with Gasteiger partial charge in [0.15, 0.2) is 0 Å². The van der Waals surface area contributed by atoms with E-state index < -0.39 is 0 Å². The third kappa shape index (κ3) is 6.57. The van der Waals surface area contributed by atoms with Gasteiger partial charge in [0.25, 0.3) is 0 Å². The van der Waals surface area contributed by atoms with E-state index in [1.54, 1.807) is 0 Å². The molecule has 0 bridgehead atoms. The number of para-hydroxylation sites is 2. The van der Waals surface area contributed by atoms with Gasteiger partial charge in [0.05, 0.1) is 0 Å². The summed E-state index contributed by atoms with van der Waals surface area (Å²) in [6.07, 6.45) is 1.25. The summed E-state index contributed by atoms with van der Waals surface area (Å²) in [7, 11) is 0. The predicted octanol–water partition coefficient (Wildman–Crippen LogP) is 9.36. The summed E-state index contributed by atoms with van der Waals surface area (Å²) in [5.41, 5.74) is 10.9. The minimum Gasteiger partial charge on any atom is -0.396 e. The molecule has 6 aromatic rings. The van der Waals surface area contributed by atoms with Crippen molar-refractivity contribution >= 4 is 34.1 Å². The monoisotopic (exact) mass is 576 g/mol. The van der Waals surface area contributed by atoms with E-state index in [0.29, 0.717) is 12.8 Å². The van der Waals surface area contributed by atoms with Crippen LogP contribution in [0.3, 0.4) is 0 Å². The molecule has 0 spiro atoms. The van der Waals surface area contributed by atoms with Gasteiger partial charge in [0.1, 0.15) is 0 Å². The molecule has 6 rings (SSSR count). The Labute approximate surface area is 259 Å². The van der Waals surface area contributed by atoms with Crippen molar-refractivity contribution in [1.82, 2.24) is 0 Å². The van der Waals surface area contributed by atoms with Gasteiger partial charge in [-0.15, -0.1) is 0 Å². The van der Waals surface area contributed by atoms with Crippen molar-refractivity contribution in [3.05, 3.63) is 169 Å². The van der Waals surface area contributed by atoms with E-state index in [-0.39, 0.29) is 13.2 Å². The lowest BCUT2D eigenvalue weighted by Gasteiger charge is -2.26. The Morgan fingerprint density at radius 1 is 0.341 bits per heavy atom. The van der Waals surface area contributed by atoms with Crippen LogP contribution < -0.4 is 9.80 Å². The molecule has 44 heavy (non-hydrogen) atoms. The molecule has 0 aliphatic heterocycles. The number of rotatable bonds is 11. The molecule has 4 heteroatoms. The second-order valence-corrected chi connectivity index (χ2v) is 10.7. The highest BCUT2D eigenvalue weighted by atomic mass is 16.3. The molecule has 0 radical (unpaired) electrons. The number of hydrogen-bond donors (Lipinski definition) is 2. The van der Waals surface area contributed by atoms with Crippen molar-refractivity contribution in [2.75, 3.05) is 23.0 Å². The molecule has 0 atom stereocenters. The first-order valence-electron chi connectivity index (χ1n) is 15.0. The number of anilines is 6. The molecule has 4 nitrogen and oxygen atoms in total. The van der Waals surface area contributed by atoms with Crippen LogP contribution in [-0.4, -0.2) is 23.4 Å². The highest BCUT2D eigenvalue weighted by Crippen LogP contribution is 2.38. The molecular weight excluding hydrogens is 540 g/mol. The average molecular weight is 577 g/mol. The van der Waals surface area contributed by atoms with Gasteiger partial charge in [-0.05, 0) is 108 Å². The minimum absolute atomic E-state index is 0.126. The molecule has 0 aliphatic rings. The van der Waals surface area contributed by atoms with Gasteiger partial charge in [-0.2, -0.15) is 0 Å². The second-order valence-electron chi connectivity index (χ2n) is 10.7. The molecule has 0 saturated carbocycles. The Balaban J connectivity index is 1.31. The summed E-state index contributed by atoms with van der Waals surface area (Å²) in [4.78, 5) is 4.49. The van der Waals surface area contributed by atoms with E-state index in [2.05, 4.69) is 143 Å². The Bertz CT molecular complexity index is 1630. The summed E-state index contributed by atoms with van der Waals surface area (Å²) in [5, 5.41) is 19.0. The van der Waals surface area contributed by atoms with Crippen LogP contribution in [0.4, 0.5) is 34.1 Å². The first kappa shape index (κ1) is 28.9. The van der Waals surface area contributed by atoms with Gasteiger partial charge in [-0.3, -0.25) is 0 Å². The third-order valence-corrected chi connectivity index (χ3v) is 7.75. The highest BCUT2D eigenvalue weighted by Gasteiger charge is 2.15. The number of benzene rings is 6. The Morgan fingerprint density at radius 3 is 1.05 bits per heavy atom. The van der Waals surface area contributed by atoms with Crippen molar-refractivity contribution in [2.45, 2.75) is 12.8 Å². The molecular formula is C40H36N2O2. The van der Waals surface area contributed by atoms with E-state index in [9.17, 15) is 10.2 Å². The van der Waals surface area contributed by atoms with Gasteiger partial charge in [0, 0.05) is 47.3 Å². The maximum Gasteiger partial charge on any atom is 0.0471 e. The SMILES string of the molecule is OCCc1cccc(N(c2ccccc2)c2ccc(-c3ccc(N(c4ccccc4)c4cccc(CCO)c4)cc3)cc2)c1. The molecule has 218 valence electrons. The van der Waals surface area contributed by atoms with Crippen molar-refractivity contribution in [2.24, 2.45) is 0 Å². The van der Waals surface area contributed by atoms with Crippen LogP contribution in [0.25, 0.3) is 11.1 Å². The Morgan fingerprint density at radius 2 is 0.682 bits per heavy atom. The molecule has 2 N–H and O–H groups in total. The van der Waals surface area contributed by atoms with Crippen molar-refractivity contribution in [3.8, 4) is 11.1 Å². The van der Waals surface area contributed by atoms with Gasteiger partial charge in [-0.1, -0.05) is 84.9 Å². The smallest absolute Gasteiger partial charge is 0.0471 e. The van der Waals surface area contributed by atoms with E-state index in [1.165, 1.54) is 0 Å². The molecule has 0 unspecified atom stereocenters. The summed E-state index contributed by atoms with van der Waals surface area (Å²) in [6.45, 7) is 0.253. The second kappa shape index (κ2) is 13.9. The molecule has 0 heterocycles. The maximum atomic E-state index is 9.49. The normalized spacial score (nSPS) is 10.9. The lowest BCUT2D eigenvalue weighted by Crippen LogP contribution is -2.10. The molecule has 0 aromatic heterocycles. The highest BCUT2D eigenvalue weighted by molar-refractivity contribution is 5.81. The zero-order valence-electron chi connectivity index (χ0n) is 24.6. The molecule has 0 amide bonds. The maximum absolute atomic E-state index is 9.49. The third-order valence-electron chi connectivity index (χ3n) is 7.75. The molecule has 0 fully saturated rings. The summed E-state index contributed by atoms with van der Waals surface area (Å²) >= 11 is 0. The minimum atomic E-state index is 0.126. The number of nitrogens with zero attached hydrogens (tertiary/aromatic N) is 2. The van der Waals surface area contributed by atoms with Crippen LogP contribution in [0.2, 0.25) is 0 Å². The fourth-order valence-corrected chi connectivity index (χ4v) is 5.61. The van der Waals surface area contributed by atoms with Crippen LogP contribution >= 0.6 is 0 Å². The molecule has 0 aliphatic carbocycles. The van der Waals surface area contributed by atoms with Crippen LogP contribution in [0.5, 0.6) is 0 Å². The fourth-order valence-electron chi connectivity index (χ4n) is 5.61. The number of hydrogen-bond acceptors (Lipinski definition) is 4. The van der Waals surface area contributed by atoms with Crippen LogP contribution in [0.15, 0.2) is 158 Å². The lowest BCUT2D eigenvalue weighted by atomic mass is 10.0. The summed E-state index contributed by atoms with van der Waals surface area (Å²) in [6, 6.07) is 54.8. The number of aliphatic hydroxyl groups is 2. The van der Waals surface area contributed by atoms with E-state index in [4.69, 9.17) is 0 Å². The molecule has 0 saturated heterocycles. The summed E-state index contributed by atoms with van der Waals surface area (Å²) in [5.74, 6) is 0. The number of aliphatic hydroxyl groups excluding tert-OH is 2. The van der Waals surface area contributed by atoms with E-state index >= 15 is 0 Å². The standard InChI is InChI=1S/C40H36N2O2/c43-27-25-31-9-7-15-39(29-31)41(35-11-3-1-4-12-35)37-21-17-33(18-22-37)34-19-23-38(24-20-34)42(36-13-5-2-6-14-36)40-16-8-10-32(30-40)26-28-44/h1-24,29-30,43-44H,25-28H2. The Kier molecular flexibility index (Phi) is 9.12. The first-order valence-corrected chi connectivity index (χ1v) is 15.0. The fraction of sp³-hybridized carbons (Fsp3) is 0.100. The largest absolute Gasteiger partial charge is 0.396 e. The van der Waals surface area contributed by atoms with Crippen molar-refractivity contribution < 1.29 is 10.2 Å². The Hall–Kier alpha value is -5.16. The quantitative estimate of drug-likeness (QED) is 0.161. The summed E-state index contributed by atoms with van der Waals surface area (Å²) < 4.78 is 0. The lowest BCUT2D eigenvalue weighted by molar-refractivity contribution is 0.299. The van der Waals surface area contributed by atoms with Crippen LogP contribution in [0, 0.1) is 0 Å². The zero-order chi connectivity index (χ0) is 30.1. The van der Waals surface area contributed by atoms with Gasteiger partial charge in [0.2, 0.25) is 0 Å². The van der Waals surface area contributed by atoms with Gasteiger partial charge >= 0.3 is 0 Å². The van der Waals surface area contributed by atoms with Gasteiger partial charge < -0.3 is 20.0 Å². The average Bonchev–Trinajstić information content (AvgIpc) is 3.08. The predicted molar refractivity (Wildman–Crippen MR) is 183 cm³/mol. The van der Waals surface area contributed by atoms with Crippen molar-refractivity contribution in [3.63, 3.8) is 0 Å². The van der Waals surface area contributed by atoms with E-state index in [0.717, 1.165) is 56.4 Å².